The number of nitrogen functional groups attached to an aromatic ring is 1. The van der Waals surface area contributed by atoms with E-state index in [1.807, 2.05) is 20.8 Å². The van der Waals surface area contributed by atoms with E-state index in [2.05, 4.69) is 14.9 Å². The SMILES string of the molecule is CC(C)C(=O)O[C@@H]1[C@H](OC(=O)C(C)C)[C@@H](CN2CCCC23CCN(C(=O)OC(C)(C)C)CC3)O[C@H]1n1ccc2c(N)ncnc21. The molecule has 4 atom stereocenters. The van der Waals surface area contributed by atoms with Crippen LogP contribution in [-0.2, 0) is 28.5 Å². The van der Waals surface area contributed by atoms with Crippen LogP contribution < -0.4 is 5.73 Å². The molecule has 2 aromatic rings. The zero-order valence-corrected chi connectivity index (χ0v) is 27.5. The number of hydrogen-bond acceptors (Lipinski definition) is 11. The molecular formula is C32H48N6O7. The van der Waals surface area contributed by atoms with E-state index in [9.17, 15) is 14.4 Å². The second-order valence-corrected chi connectivity index (χ2v) is 14.1. The van der Waals surface area contributed by atoms with Gasteiger partial charge in [-0.15, -0.1) is 0 Å². The quantitative estimate of drug-likeness (QED) is 0.351. The molecule has 0 radical (unpaired) electrons. The van der Waals surface area contributed by atoms with Crippen LogP contribution in [0.15, 0.2) is 18.6 Å². The Morgan fingerprint density at radius 3 is 2.27 bits per heavy atom. The van der Waals surface area contributed by atoms with Crippen LogP contribution in [0, 0.1) is 11.8 Å². The first kappa shape index (κ1) is 32.9. The molecule has 2 N–H and O–H groups in total. The van der Waals surface area contributed by atoms with Crippen molar-refractivity contribution in [1.29, 1.82) is 0 Å². The van der Waals surface area contributed by atoms with Gasteiger partial charge in [0.05, 0.1) is 17.2 Å². The van der Waals surface area contributed by atoms with E-state index in [1.165, 1.54) is 6.33 Å². The second-order valence-electron chi connectivity index (χ2n) is 14.1. The number of nitrogens with two attached hydrogens (primary N) is 1. The molecule has 3 aliphatic rings. The van der Waals surface area contributed by atoms with Gasteiger partial charge in [0.15, 0.2) is 18.4 Å². The fourth-order valence-electron chi connectivity index (χ4n) is 6.58. The number of amides is 1. The Balaban J connectivity index is 1.43. The van der Waals surface area contributed by atoms with Gasteiger partial charge in [0.2, 0.25) is 0 Å². The number of carbonyl (C=O) groups excluding carboxylic acids is 3. The number of piperidine rings is 1. The molecule has 0 saturated carbocycles. The predicted octanol–water partition coefficient (Wildman–Crippen LogP) is 3.91. The predicted molar refractivity (Wildman–Crippen MR) is 166 cm³/mol. The Morgan fingerprint density at radius 1 is 1.00 bits per heavy atom. The molecule has 3 fully saturated rings. The molecule has 5 rings (SSSR count). The lowest BCUT2D eigenvalue weighted by Gasteiger charge is -2.46. The summed E-state index contributed by atoms with van der Waals surface area (Å²) in [7, 11) is 0. The first-order valence-electron chi connectivity index (χ1n) is 16.1. The third kappa shape index (κ3) is 6.89. The van der Waals surface area contributed by atoms with Gasteiger partial charge in [-0.3, -0.25) is 14.5 Å². The summed E-state index contributed by atoms with van der Waals surface area (Å²) in [6.45, 7) is 15.2. The minimum atomic E-state index is -0.924. The molecule has 45 heavy (non-hydrogen) atoms. The molecule has 1 spiro atoms. The van der Waals surface area contributed by atoms with Crippen LogP contribution in [-0.4, -0.2) is 98.0 Å². The summed E-state index contributed by atoms with van der Waals surface area (Å²) in [5, 5.41) is 0.643. The largest absolute Gasteiger partial charge is 0.455 e. The molecule has 0 unspecified atom stereocenters. The van der Waals surface area contributed by atoms with Crippen molar-refractivity contribution in [3.05, 3.63) is 18.6 Å². The number of rotatable bonds is 7. The van der Waals surface area contributed by atoms with Crippen LogP contribution in [0.2, 0.25) is 0 Å². The average molecular weight is 629 g/mol. The van der Waals surface area contributed by atoms with Gasteiger partial charge in [-0.1, -0.05) is 27.7 Å². The van der Waals surface area contributed by atoms with Crippen molar-refractivity contribution in [1.82, 2.24) is 24.3 Å². The van der Waals surface area contributed by atoms with Gasteiger partial charge in [-0.25, -0.2) is 14.8 Å². The van der Waals surface area contributed by atoms with E-state index < -0.39 is 48.0 Å². The second kappa shape index (κ2) is 12.7. The number of esters is 2. The van der Waals surface area contributed by atoms with Crippen LogP contribution in [0.4, 0.5) is 10.6 Å². The van der Waals surface area contributed by atoms with E-state index >= 15 is 0 Å². The van der Waals surface area contributed by atoms with Crippen LogP contribution in [0.25, 0.3) is 11.0 Å². The Bertz CT molecular complexity index is 1390. The fraction of sp³-hybridized carbons (Fsp3) is 0.719. The lowest BCUT2D eigenvalue weighted by atomic mass is 9.84. The van der Waals surface area contributed by atoms with Crippen molar-refractivity contribution in [3.8, 4) is 0 Å². The number of fused-ring (bicyclic) bond motifs is 1. The van der Waals surface area contributed by atoms with E-state index in [0.717, 1.165) is 32.2 Å². The number of likely N-dealkylation sites (tertiary alicyclic amines) is 2. The van der Waals surface area contributed by atoms with Crippen LogP contribution in [0.5, 0.6) is 0 Å². The van der Waals surface area contributed by atoms with Crippen molar-refractivity contribution in [2.24, 2.45) is 11.8 Å². The smallest absolute Gasteiger partial charge is 0.410 e. The standard InChI is InChI=1S/C32H48N6O7/c1-19(2)28(39)43-23-22(17-37-13-8-10-32(37)11-15-36(16-12-32)30(41)45-31(5,6)7)42-27(24(23)44-29(40)20(3)4)38-14-9-21-25(33)34-18-35-26(21)38/h9,14,18-20,22-24,27H,8,10-13,15-17H2,1-7H3,(H2,33,34,35)/t22-,23-,24-,27-/m1/s1. The van der Waals surface area contributed by atoms with Gasteiger partial charge < -0.3 is 34.1 Å². The normalized spacial score (nSPS) is 25.4. The molecule has 248 valence electrons. The molecule has 0 aromatic carbocycles. The Morgan fingerprint density at radius 2 is 1.64 bits per heavy atom. The highest BCUT2D eigenvalue weighted by Gasteiger charge is 2.54. The minimum absolute atomic E-state index is 0.126. The van der Waals surface area contributed by atoms with Gasteiger partial charge >= 0.3 is 18.0 Å². The summed E-state index contributed by atoms with van der Waals surface area (Å²) in [5.74, 6) is -1.28. The maximum absolute atomic E-state index is 13.1. The highest BCUT2D eigenvalue weighted by Crippen LogP contribution is 2.42. The fourth-order valence-corrected chi connectivity index (χ4v) is 6.58. The first-order valence-corrected chi connectivity index (χ1v) is 16.1. The van der Waals surface area contributed by atoms with Crippen molar-refractivity contribution in [2.45, 2.75) is 110 Å². The van der Waals surface area contributed by atoms with Gasteiger partial charge in [0.25, 0.3) is 0 Å². The third-order valence-electron chi connectivity index (χ3n) is 9.03. The summed E-state index contributed by atoms with van der Waals surface area (Å²) in [5.41, 5.74) is 5.97. The van der Waals surface area contributed by atoms with Crippen molar-refractivity contribution in [3.63, 3.8) is 0 Å². The Kier molecular flexibility index (Phi) is 9.33. The zero-order chi connectivity index (χ0) is 32.7. The van der Waals surface area contributed by atoms with Crippen molar-refractivity contribution >= 4 is 34.9 Å². The maximum Gasteiger partial charge on any atom is 0.410 e. The Hall–Kier alpha value is -3.45. The third-order valence-corrected chi connectivity index (χ3v) is 9.03. The molecule has 13 heteroatoms. The van der Waals surface area contributed by atoms with Gasteiger partial charge in [0.1, 0.15) is 29.5 Å². The summed E-state index contributed by atoms with van der Waals surface area (Å²) >= 11 is 0. The van der Waals surface area contributed by atoms with E-state index in [0.29, 0.717) is 36.5 Å². The van der Waals surface area contributed by atoms with Gasteiger partial charge in [0, 0.05) is 31.4 Å². The maximum atomic E-state index is 13.1. The van der Waals surface area contributed by atoms with Gasteiger partial charge in [-0.05, 0) is 59.1 Å². The molecule has 0 aliphatic carbocycles. The molecule has 1 amide bonds. The van der Waals surface area contributed by atoms with Crippen LogP contribution in [0.1, 0.15) is 80.4 Å². The molecule has 0 bridgehead atoms. The monoisotopic (exact) mass is 628 g/mol. The number of carbonyl (C=O) groups is 3. The molecule has 3 aliphatic heterocycles. The summed E-state index contributed by atoms with van der Waals surface area (Å²) in [6, 6.07) is 1.80. The highest BCUT2D eigenvalue weighted by atomic mass is 16.6. The summed E-state index contributed by atoms with van der Waals surface area (Å²) in [4.78, 5) is 51.6. The number of nitrogens with zero attached hydrogens (tertiary/aromatic N) is 5. The Labute approximate surface area is 264 Å². The average Bonchev–Trinajstić information content (AvgIpc) is 3.65. The molecule has 5 heterocycles. The summed E-state index contributed by atoms with van der Waals surface area (Å²) < 4.78 is 26.3. The first-order chi connectivity index (χ1) is 21.2. The topological polar surface area (TPSA) is 151 Å². The molecular weight excluding hydrogens is 580 g/mol. The van der Waals surface area contributed by atoms with E-state index in [4.69, 9.17) is 24.7 Å². The van der Waals surface area contributed by atoms with Crippen molar-refractivity contribution in [2.75, 3.05) is 31.9 Å². The number of anilines is 1. The number of ether oxygens (including phenoxy) is 4. The molecule has 13 nitrogen and oxygen atoms in total. The van der Waals surface area contributed by atoms with Crippen LogP contribution in [0.3, 0.4) is 0 Å². The highest BCUT2D eigenvalue weighted by molar-refractivity contribution is 5.86. The number of aromatic nitrogens is 3. The van der Waals surface area contributed by atoms with Crippen molar-refractivity contribution < 1.29 is 33.3 Å². The van der Waals surface area contributed by atoms with Gasteiger partial charge in [-0.2, -0.15) is 0 Å². The van der Waals surface area contributed by atoms with Crippen LogP contribution >= 0.6 is 0 Å². The lowest BCUT2D eigenvalue weighted by molar-refractivity contribution is -0.172. The molecule has 3 saturated heterocycles. The zero-order valence-electron chi connectivity index (χ0n) is 27.5. The number of hydrogen-bond donors (Lipinski definition) is 1. The van der Waals surface area contributed by atoms with E-state index in [-0.39, 0.29) is 17.6 Å². The lowest BCUT2D eigenvalue weighted by Crippen LogP contribution is -2.56. The molecule has 2 aromatic heterocycles. The minimum Gasteiger partial charge on any atom is -0.455 e. The summed E-state index contributed by atoms with van der Waals surface area (Å²) in [6.07, 6.45) is 3.26. The van der Waals surface area contributed by atoms with E-state index in [1.54, 1.807) is 49.4 Å².